The fourth-order valence-electron chi connectivity index (χ4n) is 3.74. The molecule has 9 heteroatoms. The summed E-state index contributed by atoms with van der Waals surface area (Å²) < 4.78 is 40.2. The van der Waals surface area contributed by atoms with Crippen molar-refractivity contribution < 1.29 is 22.4 Å². The van der Waals surface area contributed by atoms with Gasteiger partial charge in [-0.05, 0) is 55.3 Å². The van der Waals surface area contributed by atoms with E-state index < -0.39 is 15.7 Å². The topological polar surface area (TPSA) is 74.8 Å². The number of sulfone groups is 1. The van der Waals surface area contributed by atoms with Gasteiger partial charge in [0.1, 0.15) is 5.82 Å². The number of benzene rings is 2. The van der Waals surface area contributed by atoms with Crippen LogP contribution in [0.15, 0.2) is 45.8 Å². The fraction of sp³-hybridized carbons (Fsp3) is 0.364. The zero-order valence-corrected chi connectivity index (χ0v) is 19.8. The third-order valence-electron chi connectivity index (χ3n) is 5.27. The van der Waals surface area contributed by atoms with Gasteiger partial charge in [-0.15, -0.1) is 0 Å². The average Bonchev–Trinajstić information content (AvgIpc) is 3.16. The average molecular weight is 511 g/mol. The molecule has 2 aromatic carbocycles. The molecular weight excluding hydrogens is 487 g/mol. The first kappa shape index (κ1) is 23.4. The fourth-order valence-corrected chi connectivity index (χ4v) is 5.90. The monoisotopic (exact) mass is 510 g/mol. The number of hydrogen-bond acceptors (Lipinski definition) is 4. The van der Waals surface area contributed by atoms with E-state index in [0.717, 1.165) is 5.56 Å². The lowest BCUT2D eigenvalue weighted by Crippen LogP contribution is -2.32. The van der Waals surface area contributed by atoms with Crippen LogP contribution in [0, 0.1) is 5.82 Å². The van der Waals surface area contributed by atoms with E-state index in [1.54, 1.807) is 13.8 Å². The molecule has 6 nitrogen and oxygen atoms in total. The Balaban J connectivity index is 1.85. The lowest BCUT2D eigenvalue weighted by molar-refractivity contribution is -0.119. The molecular formula is C22H24BrFN2O4S. The molecule has 1 aliphatic heterocycles. The van der Waals surface area contributed by atoms with Crippen LogP contribution in [-0.4, -0.2) is 39.1 Å². The van der Waals surface area contributed by atoms with Crippen LogP contribution in [0.3, 0.4) is 0 Å². The molecule has 166 valence electrons. The Morgan fingerprint density at radius 3 is 2.45 bits per heavy atom. The van der Waals surface area contributed by atoms with Crippen LogP contribution >= 0.6 is 15.9 Å². The second-order valence-corrected chi connectivity index (χ2v) is 10.2. The highest BCUT2D eigenvalue weighted by Crippen LogP contribution is 2.38. The molecule has 2 amide bonds. The number of carbonyl (C=O) groups is 2. The molecule has 0 bridgehead atoms. The molecule has 0 spiro atoms. The lowest BCUT2D eigenvalue weighted by atomic mass is 10.2. The molecule has 0 aromatic heterocycles. The number of rotatable bonds is 7. The van der Waals surface area contributed by atoms with E-state index in [2.05, 4.69) is 15.9 Å². The SMILES string of the molecule is CCC(=O)N1CCc2cc(Br)cc(S(=O)(=O)CCC(=O)N(CC)c3ccc(F)cc3)c21. The van der Waals surface area contributed by atoms with E-state index >= 15 is 0 Å². The van der Waals surface area contributed by atoms with Crippen LogP contribution < -0.4 is 9.80 Å². The predicted molar refractivity (Wildman–Crippen MR) is 122 cm³/mol. The number of amides is 2. The normalized spacial score (nSPS) is 13.2. The van der Waals surface area contributed by atoms with Crippen molar-refractivity contribution in [2.75, 3.05) is 28.6 Å². The van der Waals surface area contributed by atoms with Crippen LogP contribution in [0.2, 0.25) is 0 Å². The van der Waals surface area contributed by atoms with Gasteiger partial charge in [0.25, 0.3) is 0 Å². The van der Waals surface area contributed by atoms with Gasteiger partial charge in [0, 0.05) is 36.1 Å². The van der Waals surface area contributed by atoms with Crippen molar-refractivity contribution in [2.45, 2.75) is 38.0 Å². The van der Waals surface area contributed by atoms with Gasteiger partial charge in [-0.3, -0.25) is 9.59 Å². The molecule has 1 heterocycles. The smallest absolute Gasteiger partial charge is 0.228 e. The first-order chi connectivity index (χ1) is 14.7. The third kappa shape index (κ3) is 4.98. The Kier molecular flexibility index (Phi) is 7.16. The van der Waals surface area contributed by atoms with Crippen molar-refractivity contribution in [3.8, 4) is 0 Å². The van der Waals surface area contributed by atoms with Crippen LogP contribution in [0.4, 0.5) is 15.8 Å². The standard InChI is InChI=1S/C22H24BrFN2O4S/c1-3-20(27)26-11-9-15-13-16(23)14-19(22(15)26)31(29,30)12-10-21(28)25(4-2)18-7-5-17(24)6-8-18/h5-8,13-14H,3-4,9-12H2,1-2H3. The van der Waals surface area contributed by atoms with Gasteiger partial charge in [0.05, 0.1) is 16.3 Å². The van der Waals surface area contributed by atoms with Crippen molar-refractivity contribution in [1.29, 1.82) is 0 Å². The van der Waals surface area contributed by atoms with Gasteiger partial charge in [-0.2, -0.15) is 0 Å². The summed E-state index contributed by atoms with van der Waals surface area (Å²) in [6.07, 6.45) is 0.628. The Labute approximate surface area is 190 Å². The molecule has 0 saturated heterocycles. The predicted octanol–water partition coefficient (Wildman–Crippen LogP) is 4.10. The summed E-state index contributed by atoms with van der Waals surface area (Å²) in [7, 11) is -3.84. The number of hydrogen-bond donors (Lipinski definition) is 0. The summed E-state index contributed by atoms with van der Waals surface area (Å²) in [5, 5.41) is 0. The van der Waals surface area contributed by atoms with E-state index in [1.807, 2.05) is 6.07 Å². The number of halogens is 2. The minimum Gasteiger partial charge on any atom is -0.313 e. The van der Waals surface area contributed by atoms with E-state index in [0.29, 0.717) is 35.4 Å². The Morgan fingerprint density at radius 1 is 1.16 bits per heavy atom. The molecule has 0 N–H and O–H groups in total. The molecule has 0 radical (unpaired) electrons. The van der Waals surface area contributed by atoms with E-state index in [1.165, 1.54) is 40.1 Å². The van der Waals surface area contributed by atoms with Gasteiger partial charge in [-0.1, -0.05) is 22.9 Å². The first-order valence-corrected chi connectivity index (χ1v) is 12.5. The molecule has 0 fully saturated rings. The number of anilines is 2. The summed E-state index contributed by atoms with van der Waals surface area (Å²) >= 11 is 3.36. The number of carbonyl (C=O) groups excluding carboxylic acids is 2. The second-order valence-electron chi connectivity index (χ2n) is 7.24. The zero-order chi connectivity index (χ0) is 22.8. The van der Waals surface area contributed by atoms with Crippen LogP contribution in [0.25, 0.3) is 0 Å². The summed E-state index contributed by atoms with van der Waals surface area (Å²) in [6.45, 7) is 4.27. The quantitative estimate of drug-likeness (QED) is 0.561. The van der Waals surface area contributed by atoms with Crippen molar-refractivity contribution >= 4 is 49.0 Å². The summed E-state index contributed by atoms with van der Waals surface area (Å²) in [6, 6.07) is 8.81. The highest BCUT2D eigenvalue weighted by atomic mass is 79.9. The van der Waals surface area contributed by atoms with Gasteiger partial charge in [-0.25, -0.2) is 12.8 Å². The number of fused-ring (bicyclic) bond motifs is 1. The van der Waals surface area contributed by atoms with E-state index in [9.17, 15) is 22.4 Å². The highest BCUT2D eigenvalue weighted by Gasteiger charge is 2.32. The van der Waals surface area contributed by atoms with Gasteiger partial charge < -0.3 is 9.80 Å². The Hall–Kier alpha value is -2.26. The maximum Gasteiger partial charge on any atom is 0.228 e. The highest BCUT2D eigenvalue weighted by molar-refractivity contribution is 9.10. The van der Waals surface area contributed by atoms with Crippen LogP contribution in [0.1, 0.15) is 32.3 Å². The van der Waals surface area contributed by atoms with E-state index in [4.69, 9.17) is 0 Å². The third-order valence-corrected chi connectivity index (χ3v) is 7.45. The number of nitrogens with zero attached hydrogens (tertiary/aromatic N) is 2. The van der Waals surface area contributed by atoms with Crippen molar-refractivity contribution in [3.05, 3.63) is 52.3 Å². The molecule has 0 atom stereocenters. The van der Waals surface area contributed by atoms with Crippen molar-refractivity contribution in [2.24, 2.45) is 0 Å². The van der Waals surface area contributed by atoms with Crippen LogP contribution in [-0.2, 0) is 25.8 Å². The van der Waals surface area contributed by atoms with Crippen LogP contribution in [0.5, 0.6) is 0 Å². The minimum absolute atomic E-state index is 0.0637. The molecule has 2 aromatic rings. The Bertz CT molecular complexity index is 1100. The first-order valence-electron chi connectivity index (χ1n) is 10.1. The summed E-state index contributed by atoms with van der Waals surface area (Å²) in [4.78, 5) is 28.1. The van der Waals surface area contributed by atoms with Gasteiger partial charge in [0.15, 0.2) is 9.84 Å². The van der Waals surface area contributed by atoms with Gasteiger partial charge in [0.2, 0.25) is 11.8 Å². The lowest BCUT2D eigenvalue weighted by Gasteiger charge is -2.22. The maximum atomic E-state index is 13.2. The molecule has 31 heavy (non-hydrogen) atoms. The minimum atomic E-state index is -3.84. The molecule has 1 aliphatic rings. The largest absolute Gasteiger partial charge is 0.313 e. The maximum absolute atomic E-state index is 13.2. The second kappa shape index (κ2) is 9.48. The van der Waals surface area contributed by atoms with Crippen molar-refractivity contribution in [1.82, 2.24) is 0 Å². The molecule has 0 aliphatic carbocycles. The molecule has 0 unspecified atom stereocenters. The van der Waals surface area contributed by atoms with Gasteiger partial charge >= 0.3 is 0 Å². The molecule has 0 saturated carbocycles. The molecule has 3 rings (SSSR count). The summed E-state index contributed by atoms with van der Waals surface area (Å²) in [5.41, 5.74) is 1.73. The summed E-state index contributed by atoms with van der Waals surface area (Å²) in [5.74, 6) is -1.31. The zero-order valence-electron chi connectivity index (χ0n) is 17.4. The van der Waals surface area contributed by atoms with E-state index in [-0.39, 0.29) is 35.3 Å². The van der Waals surface area contributed by atoms with Crippen molar-refractivity contribution in [3.63, 3.8) is 0 Å². The Morgan fingerprint density at radius 2 is 1.84 bits per heavy atom.